The predicted molar refractivity (Wildman–Crippen MR) is 323 cm³/mol. The predicted octanol–water partition coefficient (Wildman–Crippen LogP) is 17.2. The van der Waals surface area contributed by atoms with E-state index in [0.29, 0.717) is 22.1 Å². The molecule has 16 aromatic rings. The molecule has 364 valence electrons. The minimum absolute atomic E-state index is 0.0433. The highest BCUT2D eigenvalue weighted by Crippen LogP contribution is 2.42. The van der Waals surface area contributed by atoms with Gasteiger partial charge in [0.15, 0.2) is 0 Å². The Morgan fingerprint density at radius 2 is 0.500 bits per heavy atom. The lowest BCUT2D eigenvalue weighted by molar-refractivity contribution is 1.19. The second-order valence-electron chi connectivity index (χ2n) is 19.8. The zero-order valence-corrected chi connectivity index (χ0v) is 42.0. The third kappa shape index (κ3) is 6.97. The fourth-order valence-corrected chi connectivity index (χ4v) is 12.0. The lowest BCUT2D eigenvalue weighted by atomic mass is 9.94. The summed E-state index contributed by atoms with van der Waals surface area (Å²) >= 11 is 0. The average Bonchev–Trinajstić information content (AvgIpc) is 4.33. The minimum Gasteiger partial charge on any atom is -0.268 e. The van der Waals surface area contributed by atoms with Crippen LogP contribution in [0.25, 0.3) is 143 Å². The summed E-state index contributed by atoms with van der Waals surface area (Å²) in [5.41, 5.74) is 17.4. The van der Waals surface area contributed by atoms with E-state index < -0.39 is 0 Å². The van der Waals surface area contributed by atoms with Crippen molar-refractivity contribution in [3.05, 3.63) is 288 Å². The first-order valence-corrected chi connectivity index (χ1v) is 26.2. The van der Waals surface area contributed by atoms with Crippen LogP contribution >= 0.6 is 0 Å². The molecule has 0 radical (unpaired) electrons. The number of nitrogens with zero attached hydrogens (tertiary/aromatic N) is 4. The van der Waals surface area contributed by atoms with E-state index >= 15 is 0 Å². The Hall–Kier alpha value is -10.6. The normalized spacial score (nSPS) is 11.7. The van der Waals surface area contributed by atoms with Gasteiger partial charge in [0.05, 0.1) is 22.1 Å². The van der Waals surface area contributed by atoms with E-state index in [-0.39, 0.29) is 11.1 Å². The topological polar surface area (TPSA) is 68.7 Å². The summed E-state index contributed by atoms with van der Waals surface area (Å²) in [6.07, 6.45) is 0. The van der Waals surface area contributed by atoms with Crippen LogP contribution in [0.1, 0.15) is 0 Å². The third-order valence-corrected chi connectivity index (χ3v) is 15.5. The molecule has 4 aromatic heterocycles. The molecule has 0 atom stereocenters. The van der Waals surface area contributed by atoms with Gasteiger partial charge in [-0.05, 0) is 73.5 Å². The molecule has 4 heterocycles. The third-order valence-electron chi connectivity index (χ3n) is 15.5. The van der Waals surface area contributed by atoms with Crippen molar-refractivity contribution in [2.24, 2.45) is 0 Å². The highest BCUT2D eigenvalue weighted by molar-refractivity contribution is 6.21. The molecule has 0 saturated carbocycles. The van der Waals surface area contributed by atoms with Gasteiger partial charge in [0, 0.05) is 54.6 Å². The number of benzene rings is 12. The van der Waals surface area contributed by atoms with Crippen molar-refractivity contribution in [2.75, 3.05) is 0 Å². The zero-order chi connectivity index (χ0) is 51.8. The van der Waals surface area contributed by atoms with Gasteiger partial charge in [-0.2, -0.15) is 0 Å². The molecule has 0 aliphatic rings. The van der Waals surface area contributed by atoms with Crippen LogP contribution in [0.2, 0.25) is 0 Å². The number of hydrogen-bond acceptors (Lipinski definition) is 4. The van der Waals surface area contributed by atoms with Crippen molar-refractivity contribution in [1.82, 2.24) is 18.8 Å². The van der Waals surface area contributed by atoms with Gasteiger partial charge in [-0.15, -0.1) is 0 Å². The highest BCUT2D eigenvalue weighted by Gasteiger charge is 2.24. The van der Waals surface area contributed by atoms with E-state index in [1.807, 2.05) is 136 Å². The molecule has 0 aliphatic carbocycles. The molecule has 0 fully saturated rings. The standard InChI is InChI=1S/2C36H22N2O/c39-36-31-18-10-17-29-26(23-11-4-1-5-12-23)19-22-30(32(29)31)35-37-33-27(24-13-6-2-7-14-24)20-21-28(34(33)38(35)36)25-15-8-3-9-16-25;39-36-31-22-19-26(23-11-4-1-5-12-23)29-17-10-18-30(32(29)31)35-37-33-27(24-13-6-2-7-14-24)20-21-28(34(33)38(35)36)25-15-8-3-9-16-25/h2*1-22H. The molecule has 78 heavy (non-hydrogen) atoms. The quantitative estimate of drug-likeness (QED) is 0.166. The van der Waals surface area contributed by atoms with Crippen molar-refractivity contribution in [3.63, 3.8) is 0 Å². The van der Waals surface area contributed by atoms with Crippen molar-refractivity contribution in [2.45, 2.75) is 0 Å². The average molecular weight is 997 g/mol. The van der Waals surface area contributed by atoms with E-state index in [4.69, 9.17) is 9.97 Å². The van der Waals surface area contributed by atoms with E-state index in [0.717, 1.165) is 121 Å². The summed E-state index contributed by atoms with van der Waals surface area (Å²) in [4.78, 5) is 39.2. The molecule has 6 heteroatoms. The second-order valence-corrected chi connectivity index (χ2v) is 19.8. The van der Waals surface area contributed by atoms with Crippen LogP contribution < -0.4 is 11.1 Å². The van der Waals surface area contributed by atoms with E-state index in [1.165, 1.54) is 0 Å². The molecule has 0 saturated heterocycles. The monoisotopic (exact) mass is 996 g/mol. The first kappa shape index (κ1) is 44.9. The fraction of sp³-hybridized carbons (Fsp3) is 0. The second kappa shape index (κ2) is 18.1. The van der Waals surface area contributed by atoms with Crippen LogP contribution in [-0.4, -0.2) is 18.8 Å². The summed E-state index contributed by atoms with van der Waals surface area (Å²) in [6, 6.07) is 90.9. The summed E-state index contributed by atoms with van der Waals surface area (Å²) in [6.45, 7) is 0. The Bertz CT molecular complexity index is 4810. The number of hydrogen-bond donors (Lipinski definition) is 0. The van der Waals surface area contributed by atoms with Crippen molar-refractivity contribution < 1.29 is 0 Å². The maximum absolute atomic E-state index is 14.4. The Morgan fingerprint density at radius 3 is 0.885 bits per heavy atom. The molecule has 0 N–H and O–H groups in total. The molecule has 0 bridgehead atoms. The number of rotatable bonds is 6. The van der Waals surface area contributed by atoms with E-state index in [1.54, 1.807) is 0 Å². The summed E-state index contributed by atoms with van der Waals surface area (Å²) in [7, 11) is 0. The number of pyridine rings is 2. The number of fused-ring (bicyclic) bond motifs is 8. The van der Waals surface area contributed by atoms with Gasteiger partial charge < -0.3 is 0 Å². The summed E-state index contributed by atoms with van der Waals surface area (Å²) < 4.78 is 3.67. The van der Waals surface area contributed by atoms with E-state index in [9.17, 15) is 9.59 Å². The van der Waals surface area contributed by atoms with Crippen LogP contribution in [0.3, 0.4) is 0 Å². The SMILES string of the molecule is O=c1c2ccc(-c3ccccc3)c3cccc(c32)c2nc3c(-c4ccccc4)ccc(-c4ccccc4)c3n12.O=c1c2cccc3c(-c4ccccc4)ccc(c32)c2nc3c(-c4ccccc4)ccc(-c4ccccc4)c3n12. The van der Waals surface area contributed by atoms with Crippen LogP contribution in [-0.2, 0) is 0 Å². The van der Waals surface area contributed by atoms with Crippen LogP contribution in [0, 0.1) is 0 Å². The number of imidazole rings is 2. The molecular formula is C72H44N4O2. The smallest absolute Gasteiger partial charge is 0.264 e. The van der Waals surface area contributed by atoms with Crippen LogP contribution in [0.4, 0.5) is 0 Å². The van der Waals surface area contributed by atoms with Gasteiger partial charge in [0.2, 0.25) is 0 Å². The molecule has 16 rings (SSSR count). The first-order valence-electron chi connectivity index (χ1n) is 26.2. The largest absolute Gasteiger partial charge is 0.268 e. The van der Waals surface area contributed by atoms with Gasteiger partial charge in [-0.25, -0.2) is 9.97 Å². The van der Waals surface area contributed by atoms with Crippen molar-refractivity contribution in [3.8, 4) is 66.8 Å². The van der Waals surface area contributed by atoms with Gasteiger partial charge in [0.25, 0.3) is 11.1 Å². The Balaban J connectivity index is 0.000000136. The lowest BCUT2D eigenvalue weighted by Gasteiger charge is -2.12. The van der Waals surface area contributed by atoms with Gasteiger partial charge >= 0.3 is 0 Å². The molecule has 0 amide bonds. The van der Waals surface area contributed by atoms with E-state index in [2.05, 4.69) is 140 Å². The number of aromatic nitrogens is 4. The van der Waals surface area contributed by atoms with Gasteiger partial charge in [0.1, 0.15) is 11.3 Å². The molecular weight excluding hydrogens is 953 g/mol. The summed E-state index contributed by atoms with van der Waals surface area (Å²) in [5.74, 6) is 0. The summed E-state index contributed by atoms with van der Waals surface area (Å²) in [5, 5.41) is 7.43. The molecule has 12 aromatic carbocycles. The van der Waals surface area contributed by atoms with Crippen molar-refractivity contribution >= 4 is 76.5 Å². The first-order chi connectivity index (χ1) is 38.6. The minimum atomic E-state index is -0.0433. The fourth-order valence-electron chi connectivity index (χ4n) is 12.0. The van der Waals surface area contributed by atoms with Crippen LogP contribution in [0.5, 0.6) is 0 Å². The highest BCUT2D eigenvalue weighted by atomic mass is 16.1. The molecule has 0 aliphatic heterocycles. The lowest BCUT2D eigenvalue weighted by Crippen LogP contribution is -2.13. The molecule has 6 nitrogen and oxygen atoms in total. The maximum atomic E-state index is 14.4. The maximum Gasteiger partial charge on any atom is 0.264 e. The van der Waals surface area contributed by atoms with Crippen molar-refractivity contribution in [1.29, 1.82) is 0 Å². The molecule has 0 unspecified atom stereocenters. The Labute approximate surface area is 447 Å². The Kier molecular flexibility index (Phi) is 10.4. The molecule has 0 spiro atoms. The Morgan fingerprint density at radius 1 is 0.231 bits per heavy atom. The van der Waals surface area contributed by atoms with Gasteiger partial charge in [-0.1, -0.05) is 249 Å². The van der Waals surface area contributed by atoms with Gasteiger partial charge in [-0.3, -0.25) is 18.4 Å². The van der Waals surface area contributed by atoms with Crippen LogP contribution in [0.15, 0.2) is 277 Å². The zero-order valence-electron chi connectivity index (χ0n) is 42.0.